The molecule has 1 aliphatic rings. The fraction of sp³-hybridized carbons (Fsp3) is 0.533. The van der Waals surface area contributed by atoms with Crippen LogP contribution in [0.1, 0.15) is 28.8 Å². The second kappa shape index (κ2) is 6.12. The SMILES string of the molecule is Cc1ccccc1C(=O)CN1CCC(CO)CC1. The van der Waals surface area contributed by atoms with Crippen molar-refractivity contribution < 1.29 is 9.90 Å². The Kier molecular flexibility index (Phi) is 4.50. The number of aliphatic hydroxyl groups excluding tert-OH is 1. The van der Waals surface area contributed by atoms with Crippen LogP contribution in [0.4, 0.5) is 0 Å². The minimum absolute atomic E-state index is 0.204. The maximum Gasteiger partial charge on any atom is 0.177 e. The van der Waals surface area contributed by atoms with Gasteiger partial charge in [0.2, 0.25) is 0 Å². The zero-order chi connectivity index (χ0) is 13.0. The second-order valence-electron chi connectivity index (χ2n) is 5.14. The maximum absolute atomic E-state index is 12.2. The molecule has 0 spiro atoms. The van der Waals surface area contributed by atoms with Crippen LogP contribution < -0.4 is 0 Å². The number of hydrogen-bond donors (Lipinski definition) is 1. The monoisotopic (exact) mass is 247 g/mol. The molecule has 98 valence electrons. The van der Waals surface area contributed by atoms with Crippen LogP contribution in [0.25, 0.3) is 0 Å². The Balaban J connectivity index is 1.91. The van der Waals surface area contributed by atoms with E-state index < -0.39 is 0 Å². The fourth-order valence-electron chi connectivity index (χ4n) is 2.50. The molecular formula is C15H21NO2. The van der Waals surface area contributed by atoms with Crippen LogP contribution in [0.2, 0.25) is 0 Å². The standard InChI is InChI=1S/C15H21NO2/c1-12-4-2-3-5-14(12)15(18)10-16-8-6-13(11-17)7-9-16/h2-5,13,17H,6-11H2,1H3. The summed E-state index contributed by atoms with van der Waals surface area (Å²) in [5.41, 5.74) is 1.88. The van der Waals surface area contributed by atoms with E-state index in [0.29, 0.717) is 12.5 Å². The Morgan fingerprint density at radius 3 is 2.61 bits per heavy atom. The number of rotatable bonds is 4. The van der Waals surface area contributed by atoms with Crippen molar-refractivity contribution >= 4 is 5.78 Å². The topological polar surface area (TPSA) is 40.5 Å². The van der Waals surface area contributed by atoms with Gasteiger partial charge in [0.05, 0.1) is 6.54 Å². The van der Waals surface area contributed by atoms with Crippen molar-refractivity contribution in [2.75, 3.05) is 26.2 Å². The van der Waals surface area contributed by atoms with E-state index in [-0.39, 0.29) is 12.4 Å². The lowest BCUT2D eigenvalue weighted by molar-refractivity contribution is 0.0863. The Hall–Kier alpha value is -1.19. The number of nitrogens with zero attached hydrogens (tertiary/aromatic N) is 1. The van der Waals surface area contributed by atoms with E-state index in [1.165, 1.54) is 0 Å². The van der Waals surface area contributed by atoms with Gasteiger partial charge >= 0.3 is 0 Å². The summed E-state index contributed by atoms with van der Waals surface area (Å²) >= 11 is 0. The summed E-state index contributed by atoms with van der Waals surface area (Å²) in [7, 11) is 0. The molecule has 0 bridgehead atoms. The van der Waals surface area contributed by atoms with Crippen LogP contribution >= 0.6 is 0 Å². The molecule has 0 radical (unpaired) electrons. The molecule has 18 heavy (non-hydrogen) atoms. The molecule has 0 aromatic heterocycles. The van der Waals surface area contributed by atoms with Gasteiger partial charge in [0.1, 0.15) is 0 Å². The number of hydrogen-bond acceptors (Lipinski definition) is 3. The van der Waals surface area contributed by atoms with E-state index in [0.717, 1.165) is 37.1 Å². The van der Waals surface area contributed by atoms with Crippen molar-refractivity contribution in [2.24, 2.45) is 5.92 Å². The Labute approximate surface area is 108 Å². The minimum atomic E-state index is 0.204. The van der Waals surface area contributed by atoms with E-state index in [1.807, 2.05) is 31.2 Å². The minimum Gasteiger partial charge on any atom is -0.396 e. The van der Waals surface area contributed by atoms with Gasteiger partial charge in [-0.3, -0.25) is 9.69 Å². The molecule has 1 aliphatic heterocycles. The predicted octanol–water partition coefficient (Wildman–Crippen LogP) is 1.88. The highest BCUT2D eigenvalue weighted by atomic mass is 16.3. The van der Waals surface area contributed by atoms with Crippen LogP contribution in [0.3, 0.4) is 0 Å². The van der Waals surface area contributed by atoms with Gasteiger partial charge in [0.15, 0.2) is 5.78 Å². The lowest BCUT2D eigenvalue weighted by Crippen LogP contribution is -2.38. The van der Waals surface area contributed by atoms with Gasteiger partial charge in [-0.2, -0.15) is 0 Å². The first-order valence-corrected chi connectivity index (χ1v) is 6.62. The third kappa shape index (κ3) is 3.18. The molecule has 3 nitrogen and oxygen atoms in total. The quantitative estimate of drug-likeness (QED) is 0.826. The molecular weight excluding hydrogens is 226 g/mol. The van der Waals surface area contributed by atoms with E-state index in [9.17, 15) is 4.79 Å². The number of aryl methyl sites for hydroxylation is 1. The van der Waals surface area contributed by atoms with Crippen molar-refractivity contribution in [1.82, 2.24) is 4.90 Å². The smallest absolute Gasteiger partial charge is 0.177 e. The van der Waals surface area contributed by atoms with Gasteiger partial charge in [0, 0.05) is 12.2 Å². The normalized spacial score (nSPS) is 17.9. The molecule has 0 atom stereocenters. The van der Waals surface area contributed by atoms with Crippen molar-refractivity contribution in [2.45, 2.75) is 19.8 Å². The van der Waals surface area contributed by atoms with E-state index in [4.69, 9.17) is 5.11 Å². The number of aliphatic hydroxyl groups is 1. The van der Waals surface area contributed by atoms with E-state index in [2.05, 4.69) is 4.90 Å². The lowest BCUT2D eigenvalue weighted by Gasteiger charge is -2.30. The average Bonchev–Trinajstić information content (AvgIpc) is 2.40. The average molecular weight is 247 g/mol. The van der Waals surface area contributed by atoms with Gasteiger partial charge < -0.3 is 5.11 Å². The number of benzene rings is 1. The molecule has 2 rings (SSSR count). The molecule has 0 unspecified atom stereocenters. The zero-order valence-electron chi connectivity index (χ0n) is 10.9. The van der Waals surface area contributed by atoms with E-state index >= 15 is 0 Å². The lowest BCUT2D eigenvalue weighted by atomic mass is 9.97. The predicted molar refractivity (Wildman–Crippen MR) is 71.8 cm³/mol. The molecule has 1 aromatic carbocycles. The second-order valence-corrected chi connectivity index (χ2v) is 5.14. The van der Waals surface area contributed by atoms with Gasteiger partial charge in [-0.15, -0.1) is 0 Å². The highest BCUT2D eigenvalue weighted by molar-refractivity contribution is 5.98. The highest BCUT2D eigenvalue weighted by Crippen LogP contribution is 2.17. The first-order chi connectivity index (χ1) is 8.70. The summed E-state index contributed by atoms with van der Waals surface area (Å²) in [6, 6.07) is 7.75. The van der Waals surface area contributed by atoms with Gasteiger partial charge in [0.25, 0.3) is 0 Å². The number of carbonyl (C=O) groups is 1. The van der Waals surface area contributed by atoms with Gasteiger partial charge in [-0.1, -0.05) is 24.3 Å². The highest BCUT2D eigenvalue weighted by Gasteiger charge is 2.21. The summed E-state index contributed by atoms with van der Waals surface area (Å²) in [5, 5.41) is 9.09. The summed E-state index contributed by atoms with van der Waals surface area (Å²) in [5.74, 6) is 0.630. The molecule has 1 heterocycles. The van der Waals surface area contributed by atoms with Gasteiger partial charge in [-0.25, -0.2) is 0 Å². The molecule has 3 heteroatoms. The van der Waals surface area contributed by atoms with Gasteiger partial charge in [-0.05, 0) is 44.3 Å². The number of Topliss-reactive ketones (excluding diaryl/α,β-unsaturated/α-hetero) is 1. The summed E-state index contributed by atoms with van der Waals surface area (Å²) < 4.78 is 0. The number of carbonyl (C=O) groups excluding carboxylic acids is 1. The molecule has 1 N–H and O–H groups in total. The fourth-order valence-corrected chi connectivity index (χ4v) is 2.50. The van der Waals surface area contributed by atoms with Crippen LogP contribution in [0, 0.1) is 12.8 Å². The molecule has 1 aromatic rings. The third-order valence-electron chi connectivity index (χ3n) is 3.78. The van der Waals surface area contributed by atoms with Crippen molar-refractivity contribution in [1.29, 1.82) is 0 Å². The van der Waals surface area contributed by atoms with Crippen molar-refractivity contribution in [3.63, 3.8) is 0 Å². The van der Waals surface area contributed by atoms with Crippen molar-refractivity contribution in [3.05, 3.63) is 35.4 Å². The molecule has 1 fully saturated rings. The zero-order valence-corrected chi connectivity index (χ0v) is 10.9. The molecule has 0 amide bonds. The largest absolute Gasteiger partial charge is 0.396 e. The summed E-state index contributed by atoms with van der Waals surface area (Å²) in [6.45, 7) is 4.60. The number of likely N-dealkylation sites (tertiary alicyclic amines) is 1. The molecule has 0 saturated carbocycles. The summed E-state index contributed by atoms with van der Waals surface area (Å²) in [4.78, 5) is 14.4. The first-order valence-electron chi connectivity index (χ1n) is 6.62. The third-order valence-corrected chi connectivity index (χ3v) is 3.78. The van der Waals surface area contributed by atoms with Crippen LogP contribution in [-0.2, 0) is 0 Å². The number of ketones is 1. The van der Waals surface area contributed by atoms with Crippen LogP contribution in [-0.4, -0.2) is 42.0 Å². The molecule has 0 aliphatic carbocycles. The van der Waals surface area contributed by atoms with Crippen molar-refractivity contribution in [3.8, 4) is 0 Å². The van der Waals surface area contributed by atoms with E-state index in [1.54, 1.807) is 0 Å². The first kappa shape index (κ1) is 13.2. The number of piperidine rings is 1. The van der Waals surface area contributed by atoms with Crippen LogP contribution in [0.15, 0.2) is 24.3 Å². The van der Waals surface area contributed by atoms with Crippen LogP contribution in [0.5, 0.6) is 0 Å². The molecule has 1 saturated heterocycles. The Morgan fingerprint density at radius 2 is 2.00 bits per heavy atom. The maximum atomic E-state index is 12.2. The Morgan fingerprint density at radius 1 is 1.33 bits per heavy atom. The summed E-state index contributed by atoms with van der Waals surface area (Å²) in [6.07, 6.45) is 2.00. The Bertz CT molecular complexity index is 409.